The molecule has 11 heteroatoms. The highest BCUT2D eigenvalue weighted by Crippen LogP contribution is 2.28. The highest BCUT2D eigenvalue weighted by atomic mass is 32.1. The number of carbonyl (C=O) groups excluding carboxylic acids is 1. The monoisotopic (exact) mass is 477 g/mol. The summed E-state index contributed by atoms with van der Waals surface area (Å²) in [5.74, 6) is -0.0524. The van der Waals surface area contributed by atoms with Gasteiger partial charge in [-0.25, -0.2) is 4.98 Å². The number of nitro benzene ring substituents is 1. The second-order valence-electron chi connectivity index (χ2n) is 7.15. The molecule has 0 aliphatic carbocycles. The summed E-state index contributed by atoms with van der Waals surface area (Å²) in [7, 11) is 0. The molecule has 4 rings (SSSR count). The Kier molecular flexibility index (Phi) is 6.46. The molecule has 0 fully saturated rings. The minimum Gasteiger partial charge on any atom is -0.487 e. The van der Waals surface area contributed by atoms with Crippen LogP contribution in [0.25, 0.3) is 22.7 Å². The minimum atomic E-state index is -0.601. The van der Waals surface area contributed by atoms with Crippen LogP contribution < -0.4 is 15.4 Å². The number of nitrogens with one attached hydrogen (secondary N) is 2. The molecule has 2 aromatic heterocycles. The molecule has 0 atom stereocenters. The number of anilines is 1. The molecular formula is C23H19N5O5S. The van der Waals surface area contributed by atoms with E-state index in [-0.39, 0.29) is 28.7 Å². The Morgan fingerprint density at radius 1 is 1.24 bits per heavy atom. The van der Waals surface area contributed by atoms with Crippen LogP contribution in [-0.4, -0.2) is 32.5 Å². The van der Waals surface area contributed by atoms with Gasteiger partial charge in [0.25, 0.3) is 5.91 Å². The van der Waals surface area contributed by atoms with Gasteiger partial charge >= 0.3 is 5.69 Å². The van der Waals surface area contributed by atoms with Crippen LogP contribution in [-0.2, 0) is 0 Å². The number of amides is 1. The molecule has 0 saturated carbocycles. The summed E-state index contributed by atoms with van der Waals surface area (Å²) in [6, 6.07) is 13.0. The van der Waals surface area contributed by atoms with E-state index >= 15 is 0 Å². The zero-order valence-corrected chi connectivity index (χ0v) is 19.0. The number of benzene rings is 2. The van der Waals surface area contributed by atoms with Gasteiger partial charge < -0.3 is 14.5 Å². The van der Waals surface area contributed by atoms with E-state index in [0.29, 0.717) is 22.8 Å². The fraction of sp³-hybridized carbons (Fsp3) is 0.130. The van der Waals surface area contributed by atoms with Gasteiger partial charge in [0.05, 0.1) is 11.5 Å². The number of rotatable bonds is 6. The van der Waals surface area contributed by atoms with Gasteiger partial charge in [-0.2, -0.15) is 4.98 Å². The molecule has 1 amide bonds. The first kappa shape index (κ1) is 22.8. The van der Waals surface area contributed by atoms with Crippen molar-refractivity contribution in [1.82, 2.24) is 15.3 Å². The van der Waals surface area contributed by atoms with Crippen LogP contribution in [0.4, 0.5) is 11.4 Å². The van der Waals surface area contributed by atoms with Crippen LogP contribution in [0.15, 0.2) is 59.1 Å². The van der Waals surface area contributed by atoms with Crippen molar-refractivity contribution in [3.05, 3.63) is 76.0 Å². The van der Waals surface area contributed by atoms with Crippen molar-refractivity contribution in [1.29, 1.82) is 0 Å². The third-order valence-electron chi connectivity index (χ3n) is 4.83. The van der Waals surface area contributed by atoms with Crippen molar-refractivity contribution in [3.8, 4) is 17.2 Å². The highest BCUT2D eigenvalue weighted by Gasteiger charge is 2.19. The van der Waals surface area contributed by atoms with Gasteiger partial charge in [-0.15, -0.1) is 0 Å². The fourth-order valence-electron chi connectivity index (χ4n) is 3.24. The minimum absolute atomic E-state index is 0.0449. The summed E-state index contributed by atoms with van der Waals surface area (Å²) < 4.78 is 11.0. The first-order chi connectivity index (χ1) is 16.4. The summed E-state index contributed by atoms with van der Waals surface area (Å²) in [4.78, 5) is 31.8. The average molecular weight is 478 g/mol. The van der Waals surface area contributed by atoms with E-state index in [1.54, 1.807) is 37.4 Å². The molecule has 0 aliphatic rings. The fourth-order valence-corrected chi connectivity index (χ4v) is 3.44. The molecule has 2 aromatic carbocycles. The lowest BCUT2D eigenvalue weighted by Gasteiger charge is -2.13. The number of hydrogen-bond acceptors (Lipinski definition) is 8. The molecule has 2 heterocycles. The lowest BCUT2D eigenvalue weighted by molar-refractivity contribution is -0.385. The van der Waals surface area contributed by atoms with Crippen molar-refractivity contribution in [2.24, 2.45) is 0 Å². The molecule has 4 aromatic rings. The van der Waals surface area contributed by atoms with Crippen molar-refractivity contribution in [2.75, 3.05) is 11.9 Å². The molecule has 0 bridgehead atoms. The van der Waals surface area contributed by atoms with Gasteiger partial charge in [0.1, 0.15) is 0 Å². The lowest BCUT2D eigenvalue weighted by Crippen LogP contribution is -2.34. The predicted octanol–water partition coefficient (Wildman–Crippen LogP) is 4.63. The zero-order valence-electron chi connectivity index (χ0n) is 18.2. The molecule has 172 valence electrons. The van der Waals surface area contributed by atoms with E-state index in [1.807, 2.05) is 13.0 Å². The number of nitro groups is 1. The number of hydrogen-bond donors (Lipinski definition) is 2. The summed E-state index contributed by atoms with van der Waals surface area (Å²) in [6.07, 6.45) is 1.65. The predicted molar refractivity (Wildman–Crippen MR) is 130 cm³/mol. The van der Waals surface area contributed by atoms with Gasteiger partial charge in [-0.1, -0.05) is 0 Å². The standard InChI is InChI=1S/C23H19N5O5S/c1-3-32-18-9-7-14(12-17(18)28(30)31)21(29)27-23(34)25-16-8-6-15(11-13(16)2)22-26-20-19(33-22)5-4-10-24-20/h4-12H,3H2,1-2H3,(H2,25,27,29,34). The number of ether oxygens (including phenoxy) is 1. The Bertz CT molecular complexity index is 1390. The van der Waals surface area contributed by atoms with Gasteiger partial charge in [0, 0.05) is 29.1 Å². The molecule has 0 spiro atoms. The summed E-state index contributed by atoms with van der Waals surface area (Å²) in [5.41, 5.74) is 3.16. The Morgan fingerprint density at radius 2 is 2.06 bits per heavy atom. The SMILES string of the molecule is CCOc1ccc(C(=O)NC(=S)Nc2ccc(-c3nc4ncccc4o3)cc2C)cc1[N+](=O)[O-]. The molecule has 0 radical (unpaired) electrons. The summed E-state index contributed by atoms with van der Waals surface area (Å²) in [5, 5.41) is 16.8. The maximum Gasteiger partial charge on any atom is 0.311 e. The largest absolute Gasteiger partial charge is 0.487 e. The average Bonchev–Trinajstić information content (AvgIpc) is 3.25. The Balaban J connectivity index is 1.46. The van der Waals surface area contributed by atoms with Gasteiger partial charge in [0.2, 0.25) is 5.89 Å². The number of oxazole rings is 1. The summed E-state index contributed by atoms with van der Waals surface area (Å²) in [6.45, 7) is 3.85. The van der Waals surface area contributed by atoms with Gasteiger partial charge in [-0.3, -0.25) is 20.2 Å². The van der Waals surface area contributed by atoms with E-state index in [9.17, 15) is 14.9 Å². The van der Waals surface area contributed by atoms with Crippen molar-refractivity contribution in [3.63, 3.8) is 0 Å². The number of nitrogens with zero attached hydrogens (tertiary/aromatic N) is 3. The number of carbonyl (C=O) groups is 1. The topological polar surface area (TPSA) is 132 Å². The Morgan fingerprint density at radius 3 is 2.76 bits per heavy atom. The molecule has 0 aliphatic heterocycles. The van der Waals surface area contributed by atoms with E-state index in [4.69, 9.17) is 21.4 Å². The highest BCUT2D eigenvalue weighted by molar-refractivity contribution is 7.80. The summed E-state index contributed by atoms with van der Waals surface area (Å²) >= 11 is 5.25. The van der Waals surface area contributed by atoms with Crippen LogP contribution in [0.1, 0.15) is 22.8 Å². The quantitative estimate of drug-likeness (QED) is 0.232. The Labute approximate surface area is 199 Å². The van der Waals surface area contributed by atoms with Crippen molar-refractivity contribution >= 4 is 45.8 Å². The van der Waals surface area contributed by atoms with Crippen molar-refractivity contribution in [2.45, 2.75) is 13.8 Å². The first-order valence-electron chi connectivity index (χ1n) is 10.2. The number of thiocarbonyl (C=S) groups is 1. The van der Waals surface area contributed by atoms with Crippen LogP contribution in [0.2, 0.25) is 0 Å². The lowest BCUT2D eigenvalue weighted by atomic mass is 10.1. The first-order valence-corrected chi connectivity index (χ1v) is 10.6. The van der Waals surface area contributed by atoms with Crippen LogP contribution >= 0.6 is 12.2 Å². The Hall–Kier alpha value is -4.38. The van der Waals surface area contributed by atoms with E-state index < -0.39 is 10.8 Å². The third kappa shape index (κ3) is 4.84. The van der Waals surface area contributed by atoms with Gasteiger partial charge in [-0.05, 0) is 74.1 Å². The number of aryl methyl sites for hydroxylation is 1. The van der Waals surface area contributed by atoms with Crippen molar-refractivity contribution < 1.29 is 18.9 Å². The molecule has 0 saturated heterocycles. The maximum atomic E-state index is 12.6. The molecule has 34 heavy (non-hydrogen) atoms. The van der Waals surface area contributed by atoms with E-state index in [0.717, 1.165) is 17.2 Å². The third-order valence-corrected chi connectivity index (χ3v) is 5.04. The number of fused-ring (bicyclic) bond motifs is 1. The van der Waals surface area contributed by atoms with E-state index in [1.165, 1.54) is 12.1 Å². The molecule has 2 N–H and O–H groups in total. The number of pyridine rings is 1. The normalized spacial score (nSPS) is 10.6. The molecular weight excluding hydrogens is 458 g/mol. The number of aromatic nitrogens is 2. The van der Waals surface area contributed by atoms with Crippen LogP contribution in [0.5, 0.6) is 5.75 Å². The van der Waals surface area contributed by atoms with Crippen LogP contribution in [0.3, 0.4) is 0 Å². The second-order valence-corrected chi connectivity index (χ2v) is 7.56. The van der Waals surface area contributed by atoms with Crippen LogP contribution in [0, 0.1) is 17.0 Å². The second kappa shape index (κ2) is 9.63. The molecule has 10 nitrogen and oxygen atoms in total. The maximum absolute atomic E-state index is 12.6. The smallest absolute Gasteiger partial charge is 0.311 e. The zero-order chi connectivity index (χ0) is 24.2. The van der Waals surface area contributed by atoms with E-state index in [2.05, 4.69) is 20.6 Å². The molecule has 0 unspecified atom stereocenters. The van der Waals surface area contributed by atoms with Gasteiger partial charge in [0.15, 0.2) is 22.1 Å².